The molecule has 0 fully saturated rings. The fraction of sp³-hybridized carbons (Fsp3) is 0.615. The molecule has 0 radical (unpaired) electrons. The normalized spacial score (nSPS) is 14.8. The number of nitrogen functional groups attached to an aromatic ring is 1. The largest absolute Gasteiger partial charge is 0.481 e. The molecule has 0 aliphatic rings. The second kappa shape index (κ2) is 49.2. The van der Waals surface area contributed by atoms with Crippen LogP contribution in [0.1, 0.15) is 139 Å². The van der Waals surface area contributed by atoms with E-state index in [0.717, 1.165) is 0 Å². The number of amides is 10. The van der Waals surface area contributed by atoms with Crippen LogP contribution >= 0.6 is 12.6 Å². The van der Waals surface area contributed by atoms with E-state index in [1.54, 1.807) is 19.1 Å². The molecule has 0 aliphatic heterocycles. The summed E-state index contributed by atoms with van der Waals surface area (Å²) in [6.07, 6.45) is -14.6. The number of hydrogen-bond donors (Lipinski definition) is 26. The number of carboxylic acid groups (broad SMARTS) is 3. The first-order valence-electron chi connectivity index (χ1n) is 34.6. The summed E-state index contributed by atoms with van der Waals surface area (Å²) >= 11 is 3.93. The molecule has 3 aromatic rings. The van der Waals surface area contributed by atoms with E-state index in [2.05, 4.69) is 91.0 Å². The van der Waals surface area contributed by atoms with Crippen molar-refractivity contribution in [2.24, 2.45) is 0 Å². The third-order valence-electron chi connectivity index (χ3n) is 16.2. The highest BCUT2D eigenvalue weighted by Gasteiger charge is 2.35. The Labute approximate surface area is 623 Å². The van der Waals surface area contributed by atoms with Gasteiger partial charge in [-0.05, 0) is 89.0 Å². The van der Waals surface area contributed by atoms with Crippen LogP contribution in [0.4, 0.5) is 11.6 Å². The molecule has 0 bridgehead atoms. The Balaban J connectivity index is 1.95. The highest BCUT2D eigenvalue weighted by molar-refractivity contribution is 7.80. The van der Waals surface area contributed by atoms with Crippen molar-refractivity contribution in [1.29, 1.82) is 0 Å². The van der Waals surface area contributed by atoms with Gasteiger partial charge in [-0.15, -0.1) is 0 Å². The summed E-state index contributed by atoms with van der Waals surface area (Å²) < 4.78 is 0. The monoisotopic (exact) mass is 1550 g/mol. The van der Waals surface area contributed by atoms with Crippen molar-refractivity contribution < 1.29 is 124 Å². The number of aromatic amines is 1. The fourth-order valence-electron chi connectivity index (χ4n) is 10.2. The van der Waals surface area contributed by atoms with Crippen LogP contribution in [0.5, 0.6) is 0 Å². The Hall–Kier alpha value is -9.86. The number of anilines is 2. The Bertz CT molecular complexity index is 3530. The molecule has 1 aromatic carbocycles. The number of nitrogens with two attached hydrogens (primary N) is 1. The number of H-pyrrole nitrogens is 1. The topological polar surface area (TPSA) is 695 Å². The summed E-state index contributed by atoms with van der Waals surface area (Å²) in [7, 11) is 0. The number of carboxylic acids is 3. The van der Waals surface area contributed by atoms with Gasteiger partial charge in [-0.25, -0.2) is 14.8 Å². The number of thiol groups is 1. The van der Waals surface area contributed by atoms with Crippen LogP contribution < -0.4 is 69.8 Å². The van der Waals surface area contributed by atoms with Gasteiger partial charge in [0.15, 0.2) is 11.2 Å². The van der Waals surface area contributed by atoms with Crippen LogP contribution in [0.3, 0.4) is 0 Å². The number of aliphatic carboxylic acids is 3. The molecule has 10 amide bonds. The third-order valence-corrected chi connectivity index (χ3v) is 16.6. The lowest BCUT2D eigenvalue weighted by Crippen LogP contribution is -2.59. The summed E-state index contributed by atoms with van der Waals surface area (Å²) in [4.78, 5) is 201. The first-order valence-corrected chi connectivity index (χ1v) is 35.2. The number of rotatable bonds is 54. The van der Waals surface area contributed by atoms with Crippen molar-refractivity contribution >= 4 is 112 Å². The van der Waals surface area contributed by atoms with Crippen molar-refractivity contribution in [3.8, 4) is 0 Å². The summed E-state index contributed by atoms with van der Waals surface area (Å²) in [6.45, 7) is -0.915. The second-order valence-electron chi connectivity index (χ2n) is 25.4. The smallest absolute Gasteiger partial charge is 0.327 e. The molecule has 2 heterocycles. The molecule has 0 aliphatic carbocycles. The number of aliphatic hydroxyl groups excluding tert-OH is 9. The lowest BCUT2D eigenvalue weighted by molar-refractivity contribution is -0.142. The molecule has 108 heavy (non-hydrogen) atoms. The number of hydrogen-bond acceptors (Lipinski definition) is 29. The maximum atomic E-state index is 14.6. The SMILES string of the molecule is C[C@H](CCC(=O)N[C@@H](CCC(=O)NCC[C@@H](O)C[C@H](O)CO)C(=O)N[C@H](CCC(=O)O)C(=O)N[C@@H](CCC(=O)NCC[C@@H](O)C[C@H](O)CO)C(=O)N[C@H](CCC(=O)O)C(=O)N[C@@H](CCC(=O)NCC[C@@H](O)C[C@H](O)CO)C(=O)N[C@H](CS)C(=O)O)NC(=O)c1ccc(NCc2cnc3nc(N)[nH]c(=O)c3n2)cc1. The van der Waals surface area contributed by atoms with E-state index >= 15 is 0 Å². The van der Waals surface area contributed by atoms with Crippen LogP contribution in [0.2, 0.25) is 0 Å². The van der Waals surface area contributed by atoms with Gasteiger partial charge in [0.25, 0.3) is 11.5 Å². The lowest BCUT2D eigenvalue weighted by Gasteiger charge is -2.27. The molecule has 2 aromatic heterocycles. The van der Waals surface area contributed by atoms with E-state index in [1.807, 2.05) is 0 Å². The quantitative estimate of drug-likeness (QED) is 0.0234. The Morgan fingerprint density at radius 2 is 0.843 bits per heavy atom. The number of benzene rings is 1. The van der Waals surface area contributed by atoms with Gasteiger partial charge in [0, 0.05) is 100 Å². The number of carbonyl (C=O) groups is 13. The number of fused-ring (bicyclic) bond motifs is 1. The van der Waals surface area contributed by atoms with E-state index in [1.165, 1.54) is 18.3 Å². The molecule has 0 unspecified atom stereocenters. The number of aromatic nitrogens is 4. The van der Waals surface area contributed by atoms with E-state index < -0.39 is 258 Å². The second-order valence-corrected chi connectivity index (χ2v) is 25.7. The number of nitrogens with zero attached hydrogens (tertiary/aromatic N) is 3. The summed E-state index contributed by atoms with van der Waals surface area (Å²) in [6, 6.07) is -5.75. The van der Waals surface area contributed by atoms with Gasteiger partial charge in [0.05, 0.1) is 74.9 Å². The standard InChI is InChI=1S/C65H100N16O26S/c1-33(72-57(99)34-3-5-35(6-4-34)70-27-36-28-71-56-55(73-36)63(105)81-65(66)80-56)2-12-52(94)74-43(7-13-49(91)67-21-18-37(85)24-40(88)29-82)58(100)77-46(10-16-53(95)96)60(102)75-44(8-14-50(92)68-22-19-38(86)25-41(89)30-83)59(101)78-47(11-17-54(97)98)61(103)76-45(62(104)79-48(32-108)64(106)107)9-15-51(93)69-23-20-39(87)26-42(90)31-84/h3-6,28,33,37-48,70,82-90,108H,2,7-27,29-32H2,1H3,(H,67,91)(H,68,92)(H,69,93)(H,72,99)(H,74,94)(H,75,102)(H,76,103)(H,77,100)(H,78,101)(H,79,104)(H,95,96)(H,97,98)(H,106,107)(H3,66,71,80,81,105)/t33-,37-,38-,39-,40+,41+,42+,43+,44+,45+,46-,47-,48-/m1/s1. The van der Waals surface area contributed by atoms with Gasteiger partial charge >= 0.3 is 17.9 Å². The van der Waals surface area contributed by atoms with Crippen LogP contribution in [0, 0.1) is 0 Å². The van der Waals surface area contributed by atoms with Crippen molar-refractivity contribution in [2.45, 2.75) is 208 Å². The van der Waals surface area contributed by atoms with Gasteiger partial charge in [-0.1, -0.05) is 0 Å². The Morgan fingerprint density at radius 1 is 0.472 bits per heavy atom. The number of aliphatic hydroxyl groups is 9. The molecular formula is C65H100N16O26S. The van der Waals surface area contributed by atoms with Crippen molar-refractivity contribution in [3.05, 3.63) is 52.1 Å². The first-order chi connectivity index (χ1) is 51.1. The van der Waals surface area contributed by atoms with E-state index in [4.69, 9.17) is 15.9 Å². The van der Waals surface area contributed by atoms with E-state index in [-0.39, 0.29) is 93.8 Å². The Morgan fingerprint density at radius 3 is 1.21 bits per heavy atom. The van der Waals surface area contributed by atoms with Crippen molar-refractivity contribution in [2.75, 3.05) is 56.3 Å². The highest BCUT2D eigenvalue weighted by Crippen LogP contribution is 2.15. The van der Waals surface area contributed by atoms with Crippen molar-refractivity contribution in [3.63, 3.8) is 0 Å². The highest BCUT2D eigenvalue weighted by atomic mass is 32.1. The molecule has 13 atom stereocenters. The molecule has 43 heteroatoms. The van der Waals surface area contributed by atoms with Gasteiger partial charge in [-0.2, -0.15) is 17.6 Å². The maximum Gasteiger partial charge on any atom is 0.327 e. The van der Waals surface area contributed by atoms with Gasteiger partial charge in [0.2, 0.25) is 59.1 Å². The first kappa shape index (κ1) is 92.3. The predicted octanol–water partition coefficient (Wildman–Crippen LogP) is -7.37. The zero-order valence-corrected chi connectivity index (χ0v) is 60.1. The predicted molar refractivity (Wildman–Crippen MR) is 381 cm³/mol. The fourth-order valence-corrected chi connectivity index (χ4v) is 10.4. The number of carbonyl (C=O) groups excluding carboxylic acids is 10. The minimum Gasteiger partial charge on any atom is -0.481 e. The van der Waals surface area contributed by atoms with Crippen LogP contribution in [-0.2, 0) is 64.1 Å². The summed E-state index contributed by atoms with van der Waals surface area (Å²) in [5.41, 5.74) is 6.15. The lowest BCUT2D eigenvalue weighted by atomic mass is 10.0. The molecule has 602 valence electrons. The molecule has 3 rings (SSSR count). The number of nitrogens with one attached hydrogen (secondary N) is 12. The van der Waals surface area contributed by atoms with Gasteiger partial charge in [0.1, 0.15) is 36.3 Å². The van der Waals surface area contributed by atoms with E-state index in [9.17, 15) is 118 Å². The zero-order chi connectivity index (χ0) is 80.6. The minimum absolute atomic E-state index is 0.0291. The molecular weight excluding hydrogens is 1450 g/mol. The van der Waals surface area contributed by atoms with Crippen LogP contribution in [-0.4, -0.2) is 282 Å². The average Bonchev–Trinajstić information content (AvgIpc) is 0.817. The van der Waals surface area contributed by atoms with Gasteiger partial charge < -0.3 is 125 Å². The summed E-state index contributed by atoms with van der Waals surface area (Å²) in [5.74, 6) is -15.5. The maximum absolute atomic E-state index is 14.6. The van der Waals surface area contributed by atoms with Crippen LogP contribution in [0.25, 0.3) is 11.2 Å². The zero-order valence-electron chi connectivity index (χ0n) is 59.2. The molecule has 0 spiro atoms. The summed E-state index contributed by atoms with van der Waals surface area (Å²) in [5, 5.41) is 143. The van der Waals surface area contributed by atoms with Crippen molar-refractivity contribution in [1.82, 2.24) is 73.1 Å². The Kier molecular flexibility index (Phi) is 42.0. The molecule has 42 nitrogen and oxygen atoms in total. The third kappa shape index (κ3) is 36.6. The molecule has 26 N–H and O–H groups in total. The molecule has 0 saturated heterocycles. The van der Waals surface area contributed by atoms with Crippen LogP contribution in [0.15, 0.2) is 35.3 Å². The van der Waals surface area contributed by atoms with E-state index in [0.29, 0.717) is 11.4 Å². The average molecular weight is 1550 g/mol. The van der Waals surface area contributed by atoms with Gasteiger partial charge in [-0.3, -0.25) is 67.3 Å². The minimum atomic E-state index is -2.00. The molecule has 0 saturated carbocycles.